The van der Waals surface area contributed by atoms with Crippen LogP contribution in [0.1, 0.15) is 19.4 Å². The highest BCUT2D eigenvalue weighted by molar-refractivity contribution is 6.31. The molecule has 0 aliphatic heterocycles. The molecule has 0 saturated carbocycles. The van der Waals surface area contributed by atoms with Crippen molar-refractivity contribution in [3.05, 3.63) is 40.9 Å². The minimum atomic E-state index is -0.0434. The van der Waals surface area contributed by atoms with Crippen molar-refractivity contribution in [2.24, 2.45) is 0 Å². The number of carbonyl (C=O) groups excluding carboxylic acids is 1. The van der Waals surface area contributed by atoms with Gasteiger partial charge >= 0.3 is 0 Å². The molecule has 0 aliphatic rings. The van der Waals surface area contributed by atoms with Gasteiger partial charge in [-0.1, -0.05) is 23.8 Å². The second-order valence-electron chi connectivity index (χ2n) is 4.56. The largest absolute Gasteiger partial charge is 0.484 e. The fourth-order valence-corrected chi connectivity index (χ4v) is 1.76. The molecule has 0 radical (unpaired) electrons. The SMILES string of the molecule is C=C(C)CN(CC)C(=O)COc1ccc(Cl)c(C)c1. The summed E-state index contributed by atoms with van der Waals surface area (Å²) in [4.78, 5) is 13.7. The van der Waals surface area contributed by atoms with Crippen molar-refractivity contribution in [1.29, 1.82) is 0 Å². The molecule has 0 fully saturated rings. The zero-order valence-electron chi connectivity index (χ0n) is 11.7. The number of hydrogen-bond acceptors (Lipinski definition) is 2. The molecule has 1 rings (SSSR count). The first-order valence-electron chi connectivity index (χ1n) is 6.25. The van der Waals surface area contributed by atoms with Gasteiger partial charge in [-0.25, -0.2) is 0 Å². The zero-order valence-corrected chi connectivity index (χ0v) is 12.5. The van der Waals surface area contributed by atoms with Crippen molar-refractivity contribution in [3.63, 3.8) is 0 Å². The predicted octanol–water partition coefficient (Wildman–Crippen LogP) is 3.45. The van der Waals surface area contributed by atoms with Crippen LogP contribution in [0.25, 0.3) is 0 Å². The number of halogens is 1. The third kappa shape index (κ3) is 4.95. The van der Waals surface area contributed by atoms with Gasteiger partial charge in [-0.2, -0.15) is 0 Å². The van der Waals surface area contributed by atoms with Gasteiger partial charge in [0.05, 0.1) is 0 Å². The van der Waals surface area contributed by atoms with Crippen LogP contribution >= 0.6 is 11.6 Å². The van der Waals surface area contributed by atoms with Gasteiger partial charge in [0.15, 0.2) is 6.61 Å². The summed E-state index contributed by atoms with van der Waals surface area (Å²) in [6.45, 7) is 10.8. The van der Waals surface area contributed by atoms with Crippen LogP contribution in [0.2, 0.25) is 5.02 Å². The number of likely N-dealkylation sites (N-methyl/N-ethyl adjacent to an activating group) is 1. The average molecular weight is 282 g/mol. The van der Waals surface area contributed by atoms with E-state index in [-0.39, 0.29) is 12.5 Å². The standard InChI is InChI=1S/C15H20ClNO2/c1-5-17(9-11(2)3)15(18)10-19-13-6-7-14(16)12(4)8-13/h6-8H,2,5,9-10H2,1,3-4H3. The Morgan fingerprint density at radius 1 is 1.47 bits per heavy atom. The molecule has 0 spiro atoms. The smallest absolute Gasteiger partial charge is 0.260 e. The Morgan fingerprint density at radius 3 is 2.68 bits per heavy atom. The molecular formula is C15H20ClNO2. The normalized spacial score (nSPS) is 10.1. The van der Waals surface area contributed by atoms with E-state index in [0.29, 0.717) is 23.9 Å². The van der Waals surface area contributed by atoms with E-state index in [1.165, 1.54) is 0 Å². The number of amides is 1. The predicted molar refractivity (Wildman–Crippen MR) is 78.8 cm³/mol. The number of rotatable bonds is 6. The van der Waals surface area contributed by atoms with Crippen molar-refractivity contribution in [3.8, 4) is 5.75 Å². The maximum atomic E-state index is 12.0. The number of nitrogens with zero attached hydrogens (tertiary/aromatic N) is 1. The summed E-state index contributed by atoms with van der Waals surface area (Å²) >= 11 is 5.93. The van der Waals surface area contributed by atoms with Gasteiger partial charge in [0.1, 0.15) is 5.75 Å². The van der Waals surface area contributed by atoms with Crippen LogP contribution in [-0.4, -0.2) is 30.5 Å². The third-order valence-corrected chi connectivity index (χ3v) is 3.11. The van der Waals surface area contributed by atoms with Crippen LogP contribution < -0.4 is 4.74 Å². The van der Waals surface area contributed by atoms with Crippen molar-refractivity contribution < 1.29 is 9.53 Å². The van der Waals surface area contributed by atoms with Gasteiger partial charge in [0.2, 0.25) is 0 Å². The van der Waals surface area contributed by atoms with E-state index < -0.39 is 0 Å². The van der Waals surface area contributed by atoms with Crippen LogP contribution in [-0.2, 0) is 4.79 Å². The minimum Gasteiger partial charge on any atom is -0.484 e. The van der Waals surface area contributed by atoms with E-state index in [9.17, 15) is 4.79 Å². The summed E-state index contributed by atoms with van der Waals surface area (Å²) in [5.41, 5.74) is 1.89. The van der Waals surface area contributed by atoms with E-state index >= 15 is 0 Å². The van der Waals surface area contributed by atoms with Gasteiger partial charge in [0.25, 0.3) is 5.91 Å². The lowest BCUT2D eigenvalue weighted by atomic mass is 10.2. The Labute approximate surface area is 119 Å². The molecule has 0 atom stereocenters. The van der Waals surface area contributed by atoms with Crippen LogP contribution in [0.5, 0.6) is 5.75 Å². The van der Waals surface area contributed by atoms with Crippen molar-refractivity contribution >= 4 is 17.5 Å². The van der Waals surface area contributed by atoms with Crippen LogP contribution in [0.3, 0.4) is 0 Å². The topological polar surface area (TPSA) is 29.5 Å². The fourth-order valence-electron chi connectivity index (χ4n) is 1.65. The molecular weight excluding hydrogens is 262 g/mol. The highest BCUT2D eigenvalue weighted by Gasteiger charge is 2.12. The molecule has 1 aromatic carbocycles. The Balaban J connectivity index is 2.57. The highest BCUT2D eigenvalue weighted by atomic mass is 35.5. The highest BCUT2D eigenvalue weighted by Crippen LogP contribution is 2.21. The number of hydrogen-bond donors (Lipinski definition) is 0. The molecule has 0 N–H and O–H groups in total. The third-order valence-electron chi connectivity index (χ3n) is 2.69. The molecule has 0 aliphatic carbocycles. The summed E-state index contributed by atoms with van der Waals surface area (Å²) in [6, 6.07) is 5.35. The summed E-state index contributed by atoms with van der Waals surface area (Å²) in [5, 5.41) is 0.691. The Morgan fingerprint density at radius 2 is 2.16 bits per heavy atom. The number of ether oxygens (including phenoxy) is 1. The molecule has 0 aromatic heterocycles. The Bertz CT molecular complexity index is 471. The first-order chi connectivity index (χ1) is 8.93. The van der Waals surface area contributed by atoms with Crippen LogP contribution in [0.15, 0.2) is 30.4 Å². The molecule has 4 heteroatoms. The number of aryl methyl sites for hydroxylation is 1. The summed E-state index contributed by atoms with van der Waals surface area (Å²) in [6.07, 6.45) is 0. The molecule has 0 heterocycles. The summed E-state index contributed by atoms with van der Waals surface area (Å²) in [7, 11) is 0. The fraction of sp³-hybridized carbons (Fsp3) is 0.400. The van der Waals surface area contributed by atoms with E-state index in [2.05, 4.69) is 6.58 Å². The second kappa shape index (κ2) is 7.19. The zero-order chi connectivity index (χ0) is 14.4. The first kappa shape index (κ1) is 15.6. The van der Waals surface area contributed by atoms with Crippen LogP contribution in [0, 0.1) is 6.92 Å². The van der Waals surface area contributed by atoms with Crippen molar-refractivity contribution in [2.75, 3.05) is 19.7 Å². The van der Waals surface area contributed by atoms with Gasteiger partial charge in [0, 0.05) is 18.1 Å². The van der Waals surface area contributed by atoms with E-state index in [1.807, 2.05) is 26.8 Å². The second-order valence-corrected chi connectivity index (χ2v) is 4.97. The maximum Gasteiger partial charge on any atom is 0.260 e. The van der Waals surface area contributed by atoms with E-state index in [1.54, 1.807) is 17.0 Å². The molecule has 3 nitrogen and oxygen atoms in total. The van der Waals surface area contributed by atoms with Gasteiger partial charge < -0.3 is 9.64 Å². The number of carbonyl (C=O) groups is 1. The molecule has 104 valence electrons. The summed E-state index contributed by atoms with van der Waals surface area (Å²) in [5.74, 6) is 0.611. The minimum absolute atomic E-state index is 0.0300. The van der Waals surface area contributed by atoms with Gasteiger partial charge in [-0.3, -0.25) is 4.79 Å². The van der Waals surface area contributed by atoms with Crippen molar-refractivity contribution in [1.82, 2.24) is 4.90 Å². The van der Waals surface area contributed by atoms with Crippen molar-refractivity contribution in [2.45, 2.75) is 20.8 Å². The average Bonchev–Trinajstić information content (AvgIpc) is 2.36. The monoisotopic (exact) mass is 281 g/mol. The van der Waals surface area contributed by atoms with Crippen LogP contribution in [0.4, 0.5) is 0 Å². The first-order valence-corrected chi connectivity index (χ1v) is 6.63. The lowest BCUT2D eigenvalue weighted by Gasteiger charge is -2.21. The van der Waals surface area contributed by atoms with Gasteiger partial charge in [-0.05, 0) is 44.5 Å². The molecule has 0 unspecified atom stereocenters. The molecule has 1 amide bonds. The van der Waals surface area contributed by atoms with Gasteiger partial charge in [-0.15, -0.1) is 0 Å². The van der Waals surface area contributed by atoms with E-state index in [4.69, 9.17) is 16.3 Å². The van der Waals surface area contributed by atoms with E-state index in [0.717, 1.165) is 11.1 Å². The maximum absolute atomic E-state index is 12.0. The Hall–Kier alpha value is -1.48. The quantitative estimate of drug-likeness (QED) is 0.748. The molecule has 0 saturated heterocycles. The molecule has 0 bridgehead atoms. The lowest BCUT2D eigenvalue weighted by Crippen LogP contribution is -2.35. The molecule has 1 aromatic rings. The summed E-state index contributed by atoms with van der Waals surface area (Å²) < 4.78 is 5.49. The number of benzene rings is 1. The molecule has 19 heavy (non-hydrogen) atoms. The Kier molecular flexibility index (Phi) is 5.90. The lowest BCUT2D eigenvalue weighted by molar-refractivity contribution is -0.132.